The van der Waals surface area contributed by atoms with Crippen LogP contribution in [-0.2, 0) is 0 Å². The molecule has 0 aromatic heterocycles. The first-order chi connectivity index (χ1) is 9.11. The van der Waals surface area contributed by atoms with E-state index in [1.54, 1.807) is 31.2 Å². The molecule has 0 fully saturated rings. The fraction of sp³-hybridized carbons (Fsp3) is 0.200. The van der Waals surface area contributed by atoms with Crippen molar-refractivity contribution in [3.05, 3.63) is 65.2 Å². The van der Waals surface area contributed by atoms with E-state index in [4.69, 9.17) is 0 Å². The van der Waals surface area contributed by atoms with Crippen molar-refractivity contribution in [2.24, 2.45) is 0 Å². The van der Waals surface area contributed by atoms with Gasteiger partial charge in [-0.3, -0.25) is 0 Å². The average molecular weight is 263 g/mol. The van der Waals surface area contributed by atoms with Crippen LogP contribution in [0, 0.1) is 18.6 Å². The summed E-state index contributed by atoms with van der Waals surface area (Å²) in [5.41, 5.74) is 1.76. The van der Waals surface area contributed by atoms with Crippen LogP contribution in [0.3, 0.4) is 0 Å². The van der Waals surface area contributed by atoms with Gasteiger partial charge in [-0.15, -0.1) is 0 Å². The van der Waals surface area contributed by atoms with Gasteiger partial charge >= 0.3 is 0 Å². The second-order valence-electron chi connectivity index (χ2n) is 4.36. The van der Waals surface area contributed by atoms with Crippen LogP contribution in [0.25, 0.3) is 0 Å². The fourth-order valence-corrected chi connectivity index (χ4v) is 2.02. The molecule has 2 N–H and O–H groups in total. The van der Waals surface area contributed by atoms with Gasteiger partial charge in [0, 0.05) is 0 Å². The second kappa shape index (κ2) is 5.80. The van der Waals surface area contributed by atoms with Crippen molar-refractivity contribution < 1.29 is 13.9 Å². The van der Waals surface area contributed by atoms with Crippen LogP contribution in [0.1, 0.15) is 17.2 Å². The van der Waals surface area contributed by atoms with Gasteiger partial charge in [0.15, 0.2) is 0 Å². The van der Waals surface area contributed by atoms with Crippen LogP contribution in [0.2, 0.25) is 0 Å². The van der Waals surface area contributed by atoms with Crippen molar-refractivity contribution in [2.45, 2.75) is 13.0 Å². The van der Waals surface area contributed by atoms with Crippen LogP contribution in [0.15, 0.2) is 42.5 Å². The first-order valence-corrected chi connectivity index (χ1v) is 6.00. The SMILES string of the molecule is Cc1cc(F)ccc1C(CO)Nc1ccccc1F. The largest absolute Gasteiger partial charge is 0.394 e. The highest BCUT2D eigenvalue weighted by molar-refractivity contribution is 5.47. The lowest BCUT2D eigenvalue weighted by Crippen LogP contribution is -2.16. The van der Waals surface area contributed by atoms with Gasteiger partial charge in [-0.2, -0.15) is 0 Å². The molecular weight excluding hydrogens is 248 g/mol. The molecule has 0 aliphatic carbocycles. The summed E-state index contributed by atoms with van der Waals surface area (Å²) < 4.78 is 26.6. The van der Waals surface area contributed by atoms with Gasteiger partial charge < -0.3 is 10.4 Å². The number of halogens is 2. The third-order valence-corrected chi connectivity index (χ3v) is 2.99. The number of aryl methyl sites for hydroxylation is 1. The van der Waals surface area contributed by atoms with Crippen LogP contribution >= 0.6 is 0 Å². The standard InChI is InChI=1S/C15H15F2NO/c1-10-8-11(16)6-7-12(10)15(9-19)18-14-5-3-2-4-13(14)17/h2-8,15,18-19H,9H2,1H3. The van der Waals surface area contributed by atoms with Crippen molar-refractivity contribution in [2.75, 3.05) is 11.9 Å². The van der Waals surface area contributed by atoms with Crippen molar-refractivity contribution in [3.63, 3.8) is 0 Å². The molecule has 0 bridgehead atoms. The Hall–Kier alpha value is -1.94. The Morgan fingerprint density at radius 2 is 1.89 bits per heavy atom. The van der Waals surface area contributed by atoms with Crippen LogP contribution in [0.5, 0.6) is 0 Å². The van der Waals surface area contributed by atoms with Crippen LogP contribution in [0.4, 0.5) is 14.5 Å². The van der Waals surface area contributed by atoms with Gasteiger partial charge in [0.2, 0.25) is 0 Å². The maximum absolute atomic E-state index is 13.6. The summed E-state index contributed by atoms with van der Waals surface area (Å²) in [6.07, 6.45) is 0. The number of nitrogens with one attached hydrogen (secondary N) is 1. The van der Waals surface area contributed by atoms with Gasteiger partial charge in [-0.1, -0.05) is 18.2 Å². The second-order valence-corrected chi connectivity index (χ2v) is 4.36. The number of aliphatic hydroxyl groups excluding tert-OH is 1. The normalized spacial score (nSPS) is 12.2. The van der Waals surface area contributed by atoms with Gasteiger partial charge in [0.1, 0.15) is 11.6 Å². The number of aliphatic hydroxyl groups is 1. The molecule has 0 radical (unpaired) electrons. The van der Waals surface area contributed by atoms with Gasteiger partial charge in [0.05, 0.1) is 18.3 Å². The molecule has 19 heavy (non-hydrogen) atoms. The van der Waals surface area contributed by atoms with E-state index in [1.807, 2.05) is 0 Å². The van der Waals surface area contributed by atoms with E-state index >= 15 is 0 Å². The molecule has 2 aromatic rings. The molecule has 0 saturated heterocycles. The maximum atomic E-state index is 13.6. The summed E-state index contributed by atoms with van der Waals surface area (Å²) in [5.74, 6) is -0.718. The first kappa shape index (κ1) is 13.5. The Kier molecular flexibility index (Phi) is 4.12. The summed E-state index contributed by atoms with van der Waals surface area (Å²) in [4.78, 5) is 0. The van der Waals surface area contributed by atoms with Crippen molar-refractivity contribution >= 4 is 5.69 Å². The zero-order valence-corrected chi connectivity index (χ0v) is 10.5. The number of hydrogen-bond donors (Lipinski definition) is 2. The average Bonchev–Trinajstić information content (AvgIpc) is 2.39. The first-order valence-electron chi connectivity index (χ1n) is 6.00. The quantitative estimate of drug-likeness (QED) is 0.886. The van der Waals surface area contributed by atoms with E-state index in [9.17, 15) is 13.9 Å². The van der Waals surface area contributed by atoms with Gasteiger partial charge in [-0.05, 0) is 42.3 Å². The maximum Gasteiger partial charge on any atom is 0.146 e. The zero-order chi connectivity index (χ0) is 13.8. The minimum absolute atomic E-state index is 0.208. The van der Waals surface area contributed by atoms with E-state index in [0.29, 0.717) is 11.3 Å². The lowest BCUT2D eigenvalue weighted by molar-refractivity contribution is 0.275. The molecule has 1 unspecified atom stereocenters. The molecule has 0 saturated carbocycles. The van der Waals surface area contributed by atoms with E-state index < -0.39 is 6.04 Å². The summed E-state index contributed by atoms with van der Waals surface area (Å²) in [7, 11) is 0. The predicted molar refractivity (Wildman–Crippen MR) is 71.0 cm³/mol. The summed E-state index contributed by atoms with van der Waals surface area (Å²) in [6.45, 7) is 1.55. The Balaban J connectivity index is 2.28. The molecule has 0 aliphatic heterocycles. The molecule has 0 heterocycles. The van der Waals surface area contributed by atoms with E-state index in [1.165, 1.54) is 18.2 Å². The molecule has 2 aromatic carbocycles. The molecule has 2 rings (SSSR count). The fourth-order valence-electron chi connectivity index (χ4n) is 2.02. The highest BCUT2D eigenvalue weighted by atomic mass is 19.1. The minimum Gasteiger partial charge on any atom is -0.394 e. The Morgan fingerprint density at radius 1 is 1.16 bits per heavy atom. The molecule has 0 spiro atoms. The molecule has 2 nitrogen and oxygen atoms in total. The number of benzene rings is 2. The predicted octanol–water partition coefficient (Wildman–Crippen LogP) is 3.42. The summed E-state index contributed by atoms with van der Waals surface area (Å²) >= 11 is 0. The summed E-state index contributed by atoms with van der Waals surface area (Å²) in [6, 6.07) is 10.1. The third-order valence-electron chi connectivity index (χ3n) is 2.99. The Bertz CT molecular complexity index is 572. The molecule has 1 atom stereocenters. The third kappa shape index (κ3) is 3.09. The minimum atomic E-state index is -0.475. The lowest BCUT2D eigenvalue weighted by atomic mass is 10.0. The van der Waals surface area contributed by atoms with Crippen molar-refractivity contribution in [1.82, 2.24) is 0 Å². The van der Waals surface area contributed by atoms with Crippen molar-refractivity contribution in [1.29, 1.82) is 0 Å². The van der Waals surface area contributed by atoms with Crippen LogP contribution in [-0.4, -0.2) is 11.7 Å². The van der Waals surface area contributed by atoms with Gasteiger partial charge in [0.25, 0.3) is 0 Å². The summed E-state index contributed by atoms with van der Waals surface area (Å²) in [5, 5.41) is 12.4. The van der Waals surface area contributed by atoms with Crippen LogP contribution < -0.4 is 5.32 Å². The van der Waals surface area contributed by atoms with E-state index in [-0.39, 0.29) is 18.2 Å². The monoisotopic (exact) mass is 263 g/mol. The van der Waals surface area contributed by atoms with Crippen molar-refractivity contribution in [3.8, 4) is 0 Å². The topological polar surface area (TPSA) is 32.3 Å². The highest BCUT2D eigenvalue weighted by Crippen LogP contribution is 2.24. The Morgan fingerprint density at radius 3 is 2.53 bits per heavy atom. The zero-order valence-electron chi connectivity index (χ0n) is 10.5. The van der Waals surface area contributed by atoms with E-state index in [0.717, 1.165) is 5.56 Å². The Labute approximate surface area is 110 Å². The molecule has 0 aliphatic rings. The lowest BCUT2D eigenvalue weighted by Gasteiger charge is -2.20. The number of anilines is 1. The number of hydrogen-bond acceptors (Lipinski definition) is 2. The molecule has 100 valence electrons. The van der Waals surface area contributed by atoms with E-state index in [2.05, 4.69) is 5.32 Å². The highest BCUT2D eigenvalue weighted by Gasteiger charge is 2.14. The molecule has 4 heteroatoms. The number of para-hydroxylation sites is 1. The van der Waals surface area contributed by atoms with Gasteiger partial charge in [-0.25, -0.2) is 8.78 Å². The number of rotatable bonds is 4. The smallest absolute Gasteiger partial charge is 0.146 e. The molecule has 0 amide bonds. The molecular formula is C15H15F2NO.